The van der Waals surface area contributed by atoms with Crippen LogP contribution in [0.1, 0.15) is 0 Å². The quantitative estimate of drug-likeness (QED) is 0.336. The maximum absolute atomic E-state index is 12.0. The second-order valence-corrected chi connectivity index (χ2v) is 8.87. The second kappa shape index (κ2) is 9.74. The zero-order valence-corrected chi connectivity index (χ0v) is 19.9. The van der Waals surface area contributed by atoms with Gasteiger partial charge in [-0.25, -0.2) is 9.97 Å². The monoisotopic (exact) mass is 485 g/mol. The van der Waals surface area contributed by atoms with E-state index >= 15 is 0 Å². The van der Waals surface area contributed by atoms with E-state index in [-0.39, 0.29) is 12.0 Å². The topological polar surface area (TPSA) is 79.4 Å². The number of ether oxygens (including phenoxy) is 1. The summed E-state index contributed by atoms with van der Waals surface area (Å²) in [7, 11) is 2.04. The van der Waals surface area contributed by atoms with Crippen LogP contribution in [0, 0.1) is 0 Å². The van der Waals surface area contributed by atoms with Gasteiger partial charge < -0.3 is 15.4 Å². The predicted molar refractivity (Wildman–Crippen MR) is 140 cm³/mol. The number of amides is 1. The van der Waals surface area contributed by atoms with Gasteiger partial charge in [-0.05, 0) is 49.0 Å². The van der Waals surface area contributed by atoms with E-state index in [1.54, 1.807) is 12.3 Å². The van der Waals surface area contributed by atoms with Gasteiger partial charge in [0, 0.05) is 40.9 Å². The van der Waals surface area contributed by atoms with Crippen molar-refractivity contribution in [1.82, 2.24) is 14.9 Å². The third-order valence-corrected chi connectivity index (χ3v) is 5.98. The maximum Gasteiger partial charge on any atom is 0.247 e. The van der Waals surface area contributed by atoms with Crippen LogP contribution < -0.4 is 15.4 Å². The number of fused-ring (bicyclic) bond motifs is 1. The number of para-hydroxylation sites is 1. The van der Waals surface area contributed by atoms with Crippen molar-refractivity contribution in [1.29, 1.82) is 0 Å². The molecule has 0 radical (unpaired) electrons. The highest BCUT2D eigenvalue weighted by Crippen LogP contribution is 2.33. The lowest BCUT2D eigenvalue weighted by atomic mass is 10.0. The van der Waals surface area contributed by atoms with Crippen molar-refractivity contribution >= 4 is 45.7 Å². The molecule has 4 aromatic rings. The van der Waals surface area contributed by atoms with E-state index in [0.717, 1.165) is 35.1 Å². The van der Waals surface area contributed by atoms with Gasteiger partial charge >= 0.3 is 0 Å². The van der Waals surface area contributed by atoms with Crippen molar-refractivity contribution in [2.45, 2.75) is 6.10 Å². The molecule has 1 fully saturated rings. The van der Waals surface area contributed by atoms with Crippen LogP contribution in [0.4, 0.5) is 17.3 Å². The fourth-order valence-electron chi connectivity index (χ4n) is 4.02. The summed E-state index contributed by atoms with van der Waals surface area (Å²) >= 11 is 6.22. The largest absolute Gasteiger partial charge is 0.486 e. The summed E-state index contributed by atoms with van der Waals surface area (Å²) in [5.74, 6) is 0.722. The van der Waals surface area contributed by atoms with E-state index in [1.807, 2.05) is 61.6 Å². The van der Waals surface area contributed by atoms with E-state index in [1.165, 1.54) is 6.08 Å². The first kappa shape index (κ1) is 22.8. The molecule has 2 heterocycles. The summed E-state index contributed by atoms with van der Waals surface area (Å²) in [5.41, 5.74) is 4.01. The van der Waals surface area contributed by atoms with Crippen LogP contribution in [0.5, 0.6) is 5.75 Å². The number of rotatable bonds is 7. The number of carbonyl (C=O) groups excluding carboxylic acids is 1. The molecule has 1 aromatic heterocycles. The fourth-order valence-corrected chi connectivity index (χ4v) is 4.21. The van der Waals surface area contributed by atoms with E-state index in [4.69, 9.17) is 21.3 Å². The van der Waals surface area contributed by atoms with Crippen LogP contribution in [0.3, 0.4) is 0 Å². The molecule has 0 spiro atoms. The number of anilines is 3. The maximum atomic E-state index is 12.0. The second-order valence-electron chi connectivity index (χ2n) is 8.44. The first-order valence-electron chi connectivity index (χ1n) is 11.2. The highest BCUT2D eigenvalue weighted by molar-refractivity contribution is 6.30. The number of hydrogen-bond acceptors (Lipinski definition) is 6. The third kappa shape index (κ3) is 5.11. The molecule has 1 amide bonds. The Kier molecular flexibility index (Phi) is 6.35. The van der Waals surface area contributed by atoms with Crippen LogP contribution in [0.2, 0.25) is 5.02 Å². The molecule has 176 valence electrons. The van der Waals surface area contributed by atoms with Gasteiger partial charge in [-0.1, -0.05) is 48.5 Å². The number of aromatic nitrogens is 2. The summed E-state index contributed by atoms with van der Waals surface area (Å²) < 4.78 is 6.07. The van der Waals surface area contributed by atoms with Crippen LogP contribution in [0.25, 0.3) is 22.0 Å². The van der Waals surface area contributed by atoms with Crippen molar-refractivity contribution in [3.05, 3.63) is 84.5 Å². The van der Waals surface area contributed by atoms with Crippen molar-refractivity contribution in [3.8, 4) is 16.9 Å². The molecule has 1 saturated heterocycles. The average molecular weight is 486 g/mol. The van der Waals surface area contributed by atoms with Gasteiger partial charge in [-0.2, -0.15) is 0 Å². The number of hydrogen-bond donors (Lipinski definition) is 2. The minimum atomic E-state index is -0.314. The highest BCUT2D eigenvalue weighted by Gasteiger charge is 2.26. The summed E-state index contributed by atoms with van der Waals surface area (Å²) in [6.07, 6.45) is 3.10. The molecule has 1 aliphatic rings. The van der Waals surface area contributed by atoms with Crippen LogP contribution in [-0.4, -0.2) is 47.0 Å². The Morgan fingerprint density at radius 1 is 1.17 bits per heavy atom. The molecular formula is C27H24ClN5O2. The number of likely N-dealkylation sites (tertiary alicyclic amines) is 1. The molecule has 0 unspecified atom stereocenters. The Bertz CT molecular complexity index is 1420. The standard InChI is InChI=1S/C27H24ClN5O2/c1-3-25(34)31-23-13-20(10-11-24(23)35-21-15-33(2)16-21)30-27-29-14-18-7-5-9-22(26(18)32-27)17-6-4-8-19(28)12-17/h3-14,21H,1,15-16H2,2H3,(H,31,34)(H,29,30,32). The first-order chi connectivity index (χ1) is 17.0. The lowest BCUT2D eigenvalue weighted by Crippen LogP contribution is -2.51. The van der Waals surface area contributed by atoms with E-state index < -0.39 is 0 Å². The molecule has 8 heteroatoms. The minimum absolute atomic E-state index is 0.0897. The molecule has 3 aromatic carbocycles. The first-order valence-corrected chi connectivity index (χ1v) is 11.6. The number of nitrogens with one attached hydrogen (secondary N) is 2. The van der Waals surface area contributed by atoms with Crippen molar-refractivity contribution in [2.24, 2.45) is 0 Å². The molecule has 0 atom stereocenters. The molecule has 1 aliphatic heterocycles. The van der Waals surface area contributed by atoms with E-state index in [2.05, 4.69) is 27.1 Å². The van der Waals surface area contributed by atoms with Gasteiger partial charge in [0.1, 0.15) is 11.9 Å². The SMILES string of the molecule is C=CC(=O)Nc1cc(Nc2ncc3cccc(-c4cccc(Cl)c4)c3n2)ccc1OC1CN(C)C1. The summed E-state index contributed by atoms with van der Waals surface area (Å²) in [4.78, 5) is 23.4. The van der Waals surface area contributed by atoms with Crippen molar-refractivity contribution < 1.29 is 9.53 Å². The van der Waals surface area contributed by atoms with Gasteiger partial charge in [-0.3, -0.25) is 9.69 Å². The van der Waals surface area contributed by atoms with Crippen molar-refractivity contribution in [2.75, 3.05) is 30.8 Å². The Morgan fingerprint density at radius 3 is 2.77 bits per heavy atom. The average Bonchev–Trinajstić information content (AvgIpc) is 2.84. The molecular weight excluding hydrogens is 462 g/mol. The molecule has 7 nitrogen and oxygen atoms in total. The van der Waals surface area contributed by atoms with Gasteiger partial charge in [-0.15, -0.1) is 0 Å². The molecule has 0 bridgehead atoms. The van der Waals surface area contributed by atoms with Gasteiger partial charge in [0.05, 0.1) is 11.2 Å². The van der Waals surface area contributed by atoms with E-state index in [9.17, 15) is 4.79 Å². The van der Waals surface area contributed by atoms with Gasteiger partial charge in [0.2, 0.25) is 11.9 Å². The normalized spacial score (nSPS) is 13.8. The zero-order chi connectivity index (χ0) is 24.4. The minimum Gasteiger partial charge on any atom is -0.486 e. The number of likely N-dealkylation sites (N-methyl/N-ethyl adjacent to an activating group) is 1. The number of nitrogens with zero attached hydrogens (tertiary/aromatic N) is 3. The number of halogens is 1. The lowest BCUT2D eigenvalue weighted by Gasteiger charge is -2.36. The fraction of sp³-hybridized carbons (Fsp3) is 0.148. The summed E-state index contributed by atoms with van der Waals surface area (Å²) in [6.45, 7) is 5.22. The summed E-state index contributed by atoms with van der Waals surface area (Å²) in [6, 6.07) is 19.1. The van der Waals surface area contributed by atoms with Gasteiger partial charge in [0.25, 0.3) is 0 Å². The zero-order valence-electron chi connectivity index (χ0n) is 19.2. The van der Waals surface area contributed by atoms with E-state index in [0.29, 0.717) is 28.1 Å². The molecule has 2 N–H and O–H groups in total. The lowest BCUT2D eigenvalue weighted by molar-refractivity contribution is -0.111. The number of benzene rings is 3. The molecule has 5 rings (SSSR count). The number of carbonyl (C=O) groups is 1. The molecule has 0 saturated carbocycles. The summed E-state index contributed by atoms with van der Waals surface area (Å²) in [5, 5.41) is 7.65. The van der Waals surface area contributed by atoms with Crippen LogP contribution >= 0.6 is 11.6 Å². The Morgan fingerprint density at radius 2 is 2.00 bits per heavy atom. The van der Waals surface area contributed by atoms with Crippen LogP contribution in [-0.2, 0) is 4.79 Å². The Labute approximate surface area is 208 Å². The van der Waals surface area contributed by atoms with Gasteiger partial charge in [0.15, 0.2) is 0 Å². The van der Waals surface area contributed by atoms with Crippen molar-refractivity contribution in [3.63, 3.8) is 0 Å². The highest BCUT2D eigenvalue weighted by atomic mass is 35.5. The molecule has 35 heavy (non-hydrogen) atoms. The predicted octanol–water partition coefficient (Wildman–Crippen LogP) is 5.51. The smallest absolute Gasteiger partial charge is 0.247 e. The third-order valence-electron chi connectivity index (χ3n) is 5.75. The van der Waals surface area contributed by atoms with Crippen LogP contribution in [0.15, 0.2) is 79.5 Å². The Hall–Kier alpha value is -3.94. The molecule has 0 aliphatic carbocycles. The Balaban J connectivity index is 1.45.